The predicted octanol–water partition coefficient (Wildman–Crippen LogP) is 0.648. The van der Waals surface area contributed by atoms with Gasteiger partial charge in [0.15, 0.2) is 12.2 Å². The Morgan fingerprint density at radius 1 is 1.23 bits per heavy atom. The normalized spacial score (nSPS) is 23.7. The molecule has 1 unspecified atom stereocenters. The molecule has 3 rings (SSSR count). The highest BCUT2D eigenvalue weighted by Gasteiger charge is 2.24. The molecule has 2 aliphatic rings. The smallest absolute Gasteiger partial charge is 0.192 e. The Hall–Kier alpha value is -1.37. The number of allylic oxidation sites excluding steroid dienone is 1. The fourth-order valence-electron chi connectivity index (χ4n) is 2.20. The van der Waals surface area contributed by atoms with Crippen molar-refractivity contribution in [2.24, 2.45) is 0 Å². The van der Waals surface area contributed by atoms with E-state index in [1.165, 1.54) is 23.4 Å². The molecule has 1 heteroatoms. The quantitative estimate of drug-likeness (QED) is 0.503. The van der Waals surface area contributed by atoms with Gasteiger partial charge in [-0.05, 0) is 24.6 Å². The molecule has 1 aromatic carbocycles. The minimum absolute atomic E-state index is 0.613. The number of rotatable bonds is 0. The standard InChI is InChI=1S/C12H12N/c1-2-7-12-10(5-1)9-11-6-3-4-8-13(11)12/h1-2,4-5,7-9,11H,3,6H2/q+1. The molecule has 0 radical (unpaired) electrons. The second-order valence-corrected chi connectivity index (χ2v) is 3.66. The van der Waals surface area contributed by atoms with E-state index in [1.807, 2.05) is 0 Å². The second-order valence-electron chi connectivity index (χ2n) is 3.66. The first-order valence-corrected chi connectivity index (χ1v) is 4.84. The van der Waals surface area contributed by atoms with Crippen molar-refractivity contribution >= 4 is 6.08 Å². The van der Waals surface area contributed by atoms with Crippen LogP contribution in [0, 0.1) is 0 Å². The third kappa shape index (κ3) is 0.966. The molecular formula is C12H12N+. The van der Waals surface area contributed by atoms with Crippen LogP contribution in [0.15, 0.2) is 36.5 Å². The molecule has 0 saturated carbocycles. The van der Waals surface area contributed by atoms with Gasteiger partial charge in [0.05, 0.1) is 0 Å². The lowest BCUT2D eigenvalue weighted by Crippen LogP contribution is -2.34. The van der Waals surface area contributed by atoms with Crippen LogP contribution in [0.1, 0.15) is 12.8 Å². The van der Waals surface area contributed by atoms with E-state index in [-0.39, 0.29) is 0 Å². The first-order chi connectivity index (χ1) is 6.45. The van der Waals surface area contributed by atoms with Crippen molar-refractivity contribution in [1.29, 1.82) is 0 Å². The van der Waals surface area contributed by atoms with E-state index >= 15 is 0 Å². The van der Waals surface area contributed by atoms with Crippen molar-refractivity contribution in [3.05, 3.63) is 47.1 Å². The summed E-state index contributed by atoms with van der Waals surface area (Å²) in [6.45, 7) is 0. The van der Waals surface area contributed by atoms with Gasteiger partial charge >= 0.3 is 0 Å². The van der Waals surface area contributed by atoms with Crippen LogP contribution in [0.5, 0.6) is 0 Å². The largest absolute Gasteiger partial charge is 0.212 e. The Bertz CT molecular complexity index is 482. The second kappa shape index (κ2) is 2.56. The summed E-state index contributed by atoms with van der Waals surface area (Å²) in [5, 5.41) is 2.75. The van der Waals surface area contributed by atoms with Gasteiger partial charge in [0.1, 0.15) is 0 Å². The van der Waals surface area contributed by atoms with E-state index in [4.69, 9.17) is 0 Å². The van der Waals surface area contributed by atoms with E-state index in [1.54, 1.807) is 0 Å². The summed E-state index contributed by atoms with van der Waals surface area (Å²) in [7, 11) is 0. The zero-order valence-electron chi connectivity index (χ0n) is 7.48. The number of nitrogens with zero attached hydrogens (tertiary/aromatic N) is 1. The van der Waals surface area contributed by atoms with Gasteiger partial charge in [-0.3, -0.25) is 0 Å². The van der Waals surface area contributed by atoms with Gasteiger partial charge in [-0.2, -0.15) is 4.58 Å². The van der Waals surface area contributed by atoms with Gasteiger partial charge in [-0.25, -0.2) is 0 Å². The summed E-state index contributed by atoms with van der Waals surface area (Å²) in [6, 6.07) is 9.22. The van der Waals surface area contributed by atoms with Crippen molar-refractivity contribution in [3.8, 4) is 0 Å². The SMILES string of the molecule is C1=C[N+]2=c3ccccc3=CC2CC1. The van der Waals surface area contributed by atoms with Gasteiger partial charge in [-0.1, -0.05) is 12.1 Å². The van der Waals surface area contributed by atoms with E-state index in [9.17, 15) is 0 Å². The molecule has 0 amide bonds. The van der Waals surface area contributed by atoms with E-state index in [0.29, 0.717) is 6.04 Å². The highest BCUT2D eigenvalue weighted by atomic mass is 15.0. The van der Waals surface area contributed by atoms with Crippen molar-refractivity contribution < 1.29 is 0 Å². The van der Waals surface area contributed by atoms with E-state index in [2.05, 4.69) is 47.2 Å². The van der Waals surface area contributed by atoms with Crippen molar-refractivity contribution in [1.82, 2.24) is 4.58 Å². The van der Waals surface area contributed by atoms with Crippen molar-refractivity contribution in [2.75, 3.05) is 0 Å². The van der Waals surface area contributed by atoms with Crippen LogP contribution >= 0.6 is 0 Å². The van der Waals surface area contributed by atoms with Crippen LogP contribution < -0.4 is 15.2 Å². The molecule has 2 aliphatic heterocycles. The van der Waals surface area contributed by atoms with Crippen LogP contribution in [-0.2, 0) is 0 Å². The number of hydrogen-bond acceptors (Lipinski definition) is 0. The molecule has 0 saturated heterocycles. The van der Waals surface area contributed by atoms with E-state index < -0.39 is 0 Å². The molecule has 1 nitrogen and oxygen atoms in total. The minimum Gasteiger partial charge on any atom is -0.192 e. The maximum Gasteiger partial charge on any atom is 0.212 e. The molecule has 2 heterocycles. The monoisotopic (exact) mass is 170 g/mol. The first kappa shape index (κ1) is 7.07. The van der Waals surface area contributed by atoms with Crippen LogP contribution in [0.3, 0.4) is 0 Å². The third-order valence-corrected chi connectivity index (χ3v) is 2.84. The Morgan fingerprint density at radius 2 is 2.15 bits per heavy atom. The van der Waals surface area contributed by atoms with Gasteiger partial charge in [-0.15, -0.1) is 0 Å². The molecule has 0 N–H and O–H groups in total. The Labute approximate surface area is 77.3 Å². The number of benzene rings is 1. The number of hydrogen-bond donors (Lipinski definition) is 0. The average molecular weight is 170 g/mol. The fraction of sp³-hybridized carbons (Fsp3) is 0.250. The maximum atomic E-state index is 2.37. The molecule has 0 bridgehead atoms. The van der Waals surface area contributed by atoms with Crippen LogP contribution in [0.25, 0.3) is 6.08 Å². The summed E-state index contributed by atoms with van der Waals surface area (Å²) in [6.07, 6.45) is 9.32. The molecule has 13 heavy (non-hydrogen) atoms. The lowest BCUT2D eigenvalue weighted by molar-refractivity contribution is 0.573. The summed E-state index contributed by atoms with van der Waals surface area (Å²) >= 11 is 0. The summed E-state index contributed by atoms with van der Waals surface area (Å²) in [5.74, 6) is 0. The predicted molar refractivity (Wildman–Crippen MR) is 53.6 cm³/mol. The lowest BCUT2D eigenvalue weighted by atomic mass is 10.1. The molecule has 1 atom stereocenters. The van der Waals surface area contributed by atoms with Gasteiger partial charge in [0, 0.05) is 17.7 Å². The molecule has 0 spiro atoms. The number of fused-ring (bicyclic) bond motifs is 2. The molecule has 1 aromatic rings. The number of para-hydroxylation sites is 1. The lowest BCUT2D eigenvalue weighted by Gasteiger charge is -2.07. The molecule has 0 fully saturated rings. The van der Waals surface area contributed by atoms with E-state index in [0.717, 1.165) is 0 Å². The zero-order chi connectivity index (χ0) is 8.67. The highest BCUT2D eigenvalue weighted by molar-refractivity contribution is 5.36. The highest BCUT2D eigenvalue weighted by Crippen LogP contribution is 2.10. The molecule has 0 aliphatic carbocycles. The summed E-state index contributed by atoms with van der Waals surface area (Å²) in [4.78, 5) is 0. The minimum atomic E-state index is 0.613. The third-order valence-electron chi connectivity index (χ3n) is 2.84. The fourth-order valence-corrected chi connectivity index (χ4v) is 2.20. The Morgan fingerprint density at radius 3 is 3.15 bits per heavy atom. The Balaban J connectivity index is 2.40. The zero-order valence-corrected chi connectivity index (χ0v) is 7.48. The Kier molecular flexibility index (Phi) is 1.39. The van der Waals surface area contributed by atoms with Gasteiger partial charge in [0.25, 0.3) is 0 Å². The summed E-state index contributed by atoms with van der Waals surface area (Å²) < 4.78 is 2.37. The van der Waals surface area contributed by atoms with Crippen LogP contribution in [0.2, 0.25) is 0 Å². The average Bonchev–Trinajstić information content (AvgIpc) is 2.56. The topological polar surface area (TPSA) is 3.01 Å². The molecular weight excluding hydrogens is 158 g/mol. The van der Waals surface area contributed by atoms with Crippen LogP contribution in [0.4, 0.5) is 0 Å². The summed E-state index contributed by atoms with van der Waals surface area (Å²) in [5.41, 5.74) is 0. The van der Waals surface area contributed by atoms with Gasteiger partial charge < -0.3 is 0 Å². The van der Waals surface area contributed by atoms with Crippen molar-refractivity contribution in [2.45, 2.75) is 18.9 Å². The maximum absolute atomic E-state index is 2.37. The van der Waals surface area contributed by atoms with Crippen LogP contribution in [-0.4, -0.2) is 6.04 Å². The van der Waals surface area contributed by atoms with Gasteiger partial charge in [0.2, 0.25) is 5.36 Å². The first-order valence-electron chi connectivity index (χ1n) is 4.84. The molecule has 0 aromatic heterocycles. The van der Waals surface area contributed by atoms with Crippen molar-refractivity contribution in [3.63, 3.8) is 0 Å². The molecule has 64 valence electrons.